The summed E-state index contributed by atoms with van der Waals surface area (Å²) in [6.45, 7) is 0.821. The van der Waals surface area contributed by atoms with Gasteiger partial charge in [0.2, 0.25) is 0 Å². The van der Waals surface area contributed by atoms with E-state index in [9.17, 15) is 21.6 Å². The van der Waals surface area contributed by atoms with Crippen molar-refractivity contribution in [2.24, 2.45) is 0 Å². The molecule has 1 fully saturated rings. The average molecular weight is 410 g/mol. The number of rotatable bonds is 3. The van der Waals surface area contributed by atoms with Crippen LogP contribution >= 0.6 is 0 Å². The first-order valence-corrected chi connectivity index (χ1v) is 10.3. The summed E-state index contributed by atoms with van der Waals surface area (Å²) in [5, 5.41) is 0. The second kappa shape index (κ2) is 6.80. The molecular formula is C19H17F3N2O3S. The molecule has 9 heteroatoms. The van der Waals surface area contributed by atoms with Gasteiger partial charge in [0, 0.05) is 19.0 Å². The highest BCUT2D eigenvalue weighted by Crippen LogP contribution is 2.38. The third-order valence-corrected chi connectivity index (χ3v) is 6.49. The Morgan fingerprint density at radius 1 is 1.00 bits per heavy atom. The number of sulfone groups is 1. The van der Waals surface area contributed by atoms with Gasteiger partial charge in [-0.3, -0.25) is 0 Å². The molecule has 1 aromatic heterocycles. The molecule has 0 N–H and O–H groups in total. The second-order valence-corrected chi connectivity index (χ2v) is 8.61. The molecule has 0 spiro atoms. The van der Waals surface area contributed by atoms with E-state index in [1.165, 1.54) is 18.2 Å². The molecule has 0 bridgehead atoms. The third-order valence-electron chi connectivity index (χ3n) is 4.95. The van der Waals surface area contributed by atoms with Gasteiger partial charge in [0.15, 0.2) is 11.5 Å². The minimum Gasteiger partial charge on any atom is -0.440 e. The second-order valence-electron chi connectivity index (χ2n) is 6.70. The smallest absolute Gasteiger partial charge is 0.440 e. The number of hydrogen-bond acceptors (Lipinski definition) is 5. The fourth-order valence-corrected chi connectivity index (χ4v) is 4.48. The van der Waals surface area contributed by atoms with E-state index in [1.807, 2.05) is 24.3 Å². The van der Waals surface area contributed by atoms with Crippen LogP contribution in [0.2, 0.25) is 0 Å². The fraction of sp³-hybridized carbons (Fsp3) is 0.316. The Balaban J connectivity index is 1.56. The summed E-state index contributed by atoms with van der Waals surface area (Å²) in [7, 11) is -5.41. The Morgan fingerprint density at radius 2 is 1.64 bits per heavy atom. The van der Waals surface area contributed by atoms with E-state index in [0.29, 0.717) is 37.4 Å². The number of anilines is 1. The van der Waals surface area contributed by atoms with Gasteiger partial charge >= 0.3 is 5.51 Å². The van der Waals surface area contributed by atoms with E-state index in [2.05, 4.69) is 4.98 Å². The quantitative estimate of drug-likeness (QED) is 0.636. The van der Waals surface area contributed by atoms with Gasteiger partial charge in [0.1, 0.15) is 5.52 Å². The minimum absolute atomic E-state index is 0.0371. The lowest BCUT2D eigenvalue weighted by atomic mass is 9.96. The first-order valence-electron chi connectivity index (χ1n) is 8.78. The first-order chi connectivity index (χ1) is 13.3. The maximum absolute atomic E-state index is 13.0. The summed E-state index contributed by atoms with van der Waals surface area (Å²) >= 11 is 0. The van der Waals surface area contributed by atoms with Gasteiger partial charge < -0.3 is 9.32 Å². The molecule has 4 rings (SSSR count). The topological polar surface area (TPSA) is 63.4 Å². The van der Waals surface area contributed by atoms with E-state index < -0.39 is 20.2 Å². The van der Waals surface area contributed by atoms with Gasteiger partial charge in [-0.15, -0.1) is 0 Å². The number of aromatic nitrogens is 1. The van der Waals surface area contributed by atoms with E-state index in [1.54, 1.807) is 4.90 Å². The molecule has 0 amide bonds. The number of benzene rings is 2. The van der Waals surface area contributed by atoms with E-state index in [-0.39, 0.29) is 11.6 Å². The van der Waals surface area contributed by atoms with Crippen LogP contribution in [0.4, 0.5) is 18.9 Å². The molecule has 0 saturated carbocycles. The number of piperidine rings is 1. The van der Waals surface area contributed by atoms with Crippen molar-refractivity contribution in [2.45, 2.75) is 29.2 Å². The molecule has 1 saturated heterocycles. The molecule has 28 heavy (non-hydrogen) atoms. The molecule has 148 valence electrons. The van der Waals surface area contributed by atoms with Crippen molar-refractivity contribution in [1.82, 2.24) is 4.98 Å². The normalized spacial score (nSPS) is 16.6. The van der Waals surface area contributed by atoms with Gasteiger partial charge in [-0.2, -0.15) is 13.2 Å². The van der Waals surface area contributed by atoms with Gasteiger partial charge in [-0.1, -0.05) is 24.3 Å². The molecule has 2 heterocycles. The van der Waals surface area contributed by atoms with Crippen molar-refractivity contribution in [3.63, 3.8) is 0 Å². The zero-order chi connectivity index (χ0) is 19.9. The number of fused-ring (bicyclic) bond motifs is 1. The molecule has 0 unspecified atom stereocenters. The molecular weight excluding hydrogens is 393 g/mol. The predicted octanol–water partition coefficient (Wildman–Crippen LogP) is 4.51. The lowest BCUT2D eigenvalue weighted by Crippen LogP contribution is -2.35. The van der Waals surface area contributed by atoms with Crippen LogP contribution in [0.5, 0.6) is 0 Å². The van der Waals surface area contributed by atoms with Crippen molar-refractivity contribution in [1.29, 1.82) is 0 Å². The van der Waals surface area contributed by atoms with Crippen molar-refractivity contribution in [3.8, 4) is 0 Å². The molecule has 0 atom stereocenters. The fourth-order valence-electron chi connectivity index (χ4n) is 3.50. The lowest BCUT2D eigenvalue weighted by molar-refractivity contribution is -0.0435. The highest BCUT2D eigenvalue weighted by molar-refractivity contribution is 7.92. The van der Waals surface area contributed by atoms with Crippen LogP contribution < -0.4 is 4.90 Å². The Morgan fingerprint density at radius 3 is 2.32 bits per heavy atom. The van der Waals surface area contributed by atoms with E-state index in [4.69, 9.17) is 4.42 Å². The van der Waals surface area contributed by atoms with Crippen molar-refractivity contribution in [3.05, 3.63) is 54.4 Å². The summed E-state index contributed by atoms with van der Waals surface area (Å²) in [6.07, 6.45) is 1.21. The van der Waals surface area contributed by atoms with Crippen LogP contribution in [0.25, 0.3) is 11.1 Å². The summed E-state index contributed by atoms with van der Waals surface area (Å²) < 4.78 is 68.7. The number of halogens is 3. The number of para-hydroxylation sites is 3. The van der Waals surface area contributed by atoms with Crippen LogP contribution in [0.3, 0.4) is 0 Å². The summed E-state index contributed by atoms with van der Waals surface area (Å²) in [4.78, 5) is 5.47. The number of hydrogen-bond donors (Lipinski definition) is 0. The number of nitrogens with zero attached hydrogens (tertiary/aromatic N) is 2. The van der Waals surface area contributed by atoms with Gasteiger partial charge in [-0.05, 0) is 37.1 Å². The van der Waals surface area contributed by atoms with E-state index >= 15 is 0 Å². The monoisotopic (exact) mass is 410 g/mol. The highest BCUT2D eigenvalue weighted by Gasteiger charge is 2.48. The summed E-state index contributed by atoms with van der Waals surface area (Å²) in [5.74, 6) is 0.645. The third kappa shape index (κ3) is 3.23. The Hall–Kier alpha value is -2.55. The van der Waals surface area contributed by atoms with Crippen LogP contribution in [0.15, 0.2) is 57.8 Å². The highest BCUT2D eigenvalue weighted by atomic mass is 32.2. The largest absolute Gasteiger partial charge is 0.501 e. The summed E-state index contributed by atoms with van der Waals surface area (Å²) in [5.41, 5.74) is -3.79. The molecule has 0 radical (unpaired) electrons. The Kier molecular flexibility index (Phi) is 4.57. The van der Waals surface area contributed by atoms with Gasteiger partial charge in [-0.25, -0.2) is 13.4 Å². The SMILES string of the molecule is O=S(=O)(c1ccccc1N1CCC(c2nc3ccccc3o2)CC1)C(F)(F)F. The molecule has 1 aliphatic heterocycles. The van der Waals surface area contributed by atoms with Gasteiger partial charge in [0.25, 0.3) is 9.84 Å². The standard InChI is InChI=1S/C19H17F3N2O3S/c20-19(21,22)28(25,26)17-8-4-2-6-15(17)24-11-9-13(10-12-24)18-23-14-5-1-3-7-16(14)27-18/h1-8,13H,9-12H2. The Bertz CT molecular complexity index is 1070. The molecule has 3 aromatic rings. The first kappa shape index (κ1) is 18.8. The van der Waals surface area contributed by atoms with Crippen molar-refractivity contribution < 1.29 is 26.0 Å². The van der Waals surface area contributed by atoms with Crippen LogP contribution in [-0.4, -0.2) is 32.0 Å². The van der Waals surface area contributed by atoms with Crippen molar-refractivity contribution >= 4 is 26.6 Å². The van der Waals surface area contributed by atoms with Crippen LogP contribution in [-0.2, 0) is 9.84 Å². The Labute approximate surface area is 159 Å². The molecule has 2 aromatic carbocycles. The number of alkyl halides is 3. The van der Waals surface area contributed by atoms with Crippen molar-refractivity contribution in [2.75, 3.05) is 18.0 Å². The van der Waals surface area contributed by atoms with Crippen LogP contribution in [0.1, 0.15) is 24.7 Å². The van der Waals surface area contributed by atoms with Crippen LogP contribution in [0, 0.1) is 0 Å². The van der Waals surface area contributed by atoms with Gasteiger partial charge in [0.05, 0.1) is 10.6 Å². The number of oxazole rings is 1. The molecule has 1 aliphatic rings. The predicted molar refractivity (Wildman–Crippen MR) is 97.9 cm³/mol. The molecule has 5 nitrogen and oxygen atoms in total. The minimum atomic E-state index is -5.41. The zero-order valence-corrected chi connectivity index (χ0v) is 15.5. The maximum atomic E-state index is 13.0. The summed E-state index contributed by atoms with van der Waals surface area (Å²) in [6, 6.07) is 12.7. The van der Waals surface area contributed by atoms with E-state index in [0.717, 1.165) is 11.6 Å². The maximum Gasteiger partial charge on any atom is 0.501 e. The molecule has 0 aliphatic carbocycles. The lowest BCUT2D eigenvalue weighted by Gasteiger charge is -2.33. The zero-order valence-electron chi connectivity index (χ0n) is 14.7. The average Bonchev–Trinajstić information content (AvgIpc) is 3.11.